The van der Waals surface area contributed by atoms with Crippen molar-refractivity contribution in [3.8, 4) is 0 Å². The number of hydrogen-bond acceptors (Lipinski definition) is 3. The lowest BCUT2D eigenvalue weighted by Crippen LogP contribution is -2.56. The van der Waals surface area contributed by atoms with Gasteiger partial charge in [-0.05, 0) is 19.1 Å². The molecule has 1 aromatic heterocycles. The molecule has 1 aliphatic rings. The summed E-state index contributed by atoms with van der Waals surface area (Å²) < 4.78 is 38.9. The topological polar surface area (TPSA) is 69.2 Å². The number of halogens is 3. The average Bonchev–Trinajstić information content (AvgIpc) is 2.37. The van der Waals surface area contributed by atoms with Crippen molar-refractivity contribution in [2.75, 3.05) is 24.5 Å². The summed E-state index contributed by atoms with van der Waals surface area (Å²) in [6.07, 6.45) is -3.07. The highest BCUT2D eigenvalue weighted by atomic mass is 19.4. The molecule has 0 bridgehead atoms. The van der Waals surface area contributed by atoms with Crippen LogP contribution in [0.5, 0.6) is 0 Å². The van der Waals surface area contributed by atoms with E-state index in [1.54, 1.807) is 9.80 Å². The second-order valence-corrected chi connectivity index (χ2v) is 4.75. The second kappa shape index (κ2) is 5.18. The summed E-state index contributed by atoms with van der Waals surface area (Å²) in [7, 11) is 0. The first kappa shape index (κ1) is 14.4. The van der Waals surface area contributed by atoms with Gasteiger partial charge in [-0.2, -0.15) is 13.2 Å². The Balaban J connectivity index is 2.24. The van der Waals surface area contributed by atoms with E-state index in [4.69, 9.17) is 11.1 Å². The molecule has 20 heavy (non-hydrogen) atoms. The van der Waals surface area contributed by atoms with E-state index in [1.807, 2.05) is 6.92 Å². The molecule has 1 fully saturated rings. The summed E-state index contributed by atoms with van der Waals surface area (Å²) in [6.45, 7) is 2.93. The number of nitrogens with zero attached hydrogens (tertiary/aromatic N) is 3. The molecule has 1 aliphatic heterocycles. The van der Waals surface area contributed by atoms with E-state index in [-0.39, 0.29) is 17.8 Å². The number of rotatable bonds is 1. The lowest BCUT2D eigenvalue weighted by molar-refractivity contribution is -0.137. The van der Waals surface area contributed by atoms with E-state index in [1.165, 1.54) is 12.3 Å². The Morgan fingerprint density at radius 2 is 2.15 bits per heavy atom. The molecule has 1 saturated heterocycles. The number of nitrogens with one attached hydrogen (secondary N) is 1. The van der Waals surface area contributed by atoms with Crippen LogP contribution in [0.4, 0.5) is 19.0 Å². The largest absolute Gasteiger partial charge is 0.419 e. The van der Waals surface area contributed by atoms with Crippen LogP contribution in [0.3, 0.4) is 0 Å². The quantitative estimate of drug-likeness (QED) is 0.607. The summed E-state index contributed by atoms with van der Waals surface area (Å²) in [6, 6.07) is 2.18. The van der Waals surface area contributed by atoms with Crippen molar-refractivity contribution < 1.29 is 13.2 Å². The molecule has 2 rings (SSSR count). The van der Waals surface area contributed by atoms with Crippen molar-refractivity contribution in [2.24, 2.45) is 5.73 Å². The summed E-state index contributed by atoms with van der Waals surface area (Å²) in [5.74, 6) is -0.121. The Morgan fingerprint density at radius 1 is 1.45 bits per heavy atom. The van der Waals surface area contributed by atoms with Crippen LogP contribution < -0.4 is 10.6 Å². The zero-order chi connectivity index (χ0) is 14.9. The molecule has 0 amide bonds. The van der Waals surface area contributed by atoms with Crippen molar-refractivity contribution in [3.63, 3.8) is 0 Å². The molecule has 0 radical (unpaired) electrons. The molecule has 0 aliphatic carbocycles. The van der Waals surface area contributed by atoms with Gasteiger partial charge in [0.05, 0.1) is 5.56 Å². The summed E-state index contributed by atoms with van der Waals surface area (Å²) in [5.41, 5.74) is 4.70. The van der Waals surface area contributed by atoms with Gasteiger partial charge in [0.1, 0.15) is 5.82 Å². The number of aromatic nitrogens is 1. The fourth-order valence-electron chi connectivity index (χ4n) is 2.38. The van der Waals surface area contributed by atoms with E-state index in [9.17, 15) is 13.2 Å². The maximum Gasteiger partial charge on any atom is 0.419 e. The number of alkyl halides is 3. The Morgan fingerprint density at radius 3 is 2.70 bits per heavy atom. The number of guanidine groups is 1. The third-order valence-electron chi connectivity index (χ3n) is 3.33. The van der Waals surface area contributed by atoms with E-state index in [0.29, 0.717) is 19.6 Å². The Hall–Kier alpha value is -1.99. The molecule has 3 N–H and O–H groups in total. The predicted octanol–water partition coefficient (Wildman–Crippen LogP) is 1.50. The summed E-state index contributed by atoms with van der Waals surface area (Å²) >= 11 is 0. The third-order valence-corrected chi connectivity index (χ3v) is 3.33. The van der Waals surface area contributed by atoms with Gasteiger partial charge in [-0.25, -0.2) is 4.98 Å². The zero-order valence-electron chi connectivity index (χ0n) is 11.0. The highest BCUT2D eigenvalue weighted by Gasteiger charge is 2.37. The second-order valence-electron chi connectivity index (χ2n) is 4.75. The van der Waals surface area contributed by atoms with Gasteiger partial charge >= 0.3 is 6.18 Å². The van der Waals surface area contributed by atoms with Crippen LogP contribution in [-0.2, 0) is 6.18 Å². The molecule has 0 unspecified atom stereocenters. The van der Waals surface area contributed by atoms with E-state index in [2.05, 4.69) is 4.98 Å². The van der Waals surface area contributed by atoms with Crippen molar-refractivity contribution in [2.45, 2.75) is 19.1 Å². The smallest absolute Gasteiger partial charge is 0.370 e. The maximum absolute atomic E-state index is 13.0. The van der Waals surface area contributed by atoms with Gasteiger partial charge in [0.15, 0.2) is 5.96 Å². The molecule has 2 heterocycles. The highest BCUT2D eigenvalue weighted by molar-refractivity contribution is 5.75. The minimum Gasteiger partial charge on any atom is -0.370 e. The van der Waals surface area contributed by atoms with Gasteiger partial charge in [0, 0.05) is 31.9 Å². The lowest BCUT2D eigenvalue weighted by Gasteiger charge is -2.41. The Labute approximate surface area is 114 Å². The van der Waals surface area contributed by atoms with Gasteiger partial charge in [-0.3, -0.25) is 5.41 Å². The minimum absolute atomic E-state index is 0.0601. The fraction of sp³-hybridized carbons (Fsp3) is 0.500. The van der Waals surface area contributed by atoms with E-state index >= 15 is 0 Å². The highest BCUT2D eigenvalue weighted by Crippen LogP contribution is 2.35. The Kier molecular flexibility index (Phi) is 3.74. The van der Waals surface area contributed by atoms with Gasteiger partial charge in [0.25, 0.3) is 0 Å². The van der Waals surface area contributed by atoms with Crippen molar-refractivity contribution >= 4 is 11.8 Å². The van der Waals surface area contributed by atoms with Crippen molar-refractivity contribution in [3.05, 3.63) is 23.9 Å². The van der Waals surface area contributed by atoms with Crippen LogP contribution in [0.2, 0.25) is 0 Å². The van der Waals surface area contributed by atoms with Gasteiger partial charge < -0.3 is 15.5 Å². The lowest BCUT2D eigenvalue weighted by atomic mass is 10.1. The van der Waals surface area contributed by atoms with Crippen LogP contribution in [0.25, 0.3) is 0 Å². The van der Waals surface area contributed by atoms with Crippen LogP contribution in [0, 0.1) is 5.41 Å². The normalized spacial score (nSPS) is 20.1. The van der Waals surface area contributed by atoms with Crippen LogP contribution in [-0.4, -0.2) is 41.5 Å². The molecular formula is C12H16F3N5. The number of hydrogen-bond donors (Lipinski definition) is 2. The zero-order valence-corrected chi connectivity index (χ0v) is 11.0. The predicted molar refractivity (Wildman–Crippen MR) is 69.5 cm³/mol. The van der Waals surface area contributed by atoms with Gasteiger partial charge in [0.2, 0.25) is 0 Å². The number of piperazine rings is 1. The first-order chi connectivity index (χ1) is 9.30. The number of nitrogens with two attached hydrogens (primary N) is 1. The fourth-order valence-corrected chi connectivity index (χ4v) is 2.38. The number of pyridine rings is 1. The Bertz CT molecular complexity index is 502. The number of anilines is 1. The maximum atomic E-state index is 13.0. The first-order valence-corrected chi connectivity index (χ1v) is 6.18. The minimum atomic E-state index is -4.43. The van der Waals surface area contributed by atoms with Gasteiger partial charge in [-0.1, -0.05) is 0 Å². The summed E-state index contributed by atoms with van der Waals surface area (Å²) in [5, 5.41) is 7.42. The standard InChI is InChI=1S/C12H16F3N5/c1-8-7-19(5-6-20(8)11(16)17)10-9(12(13,14)15)3-2-4-18-10/h2-4,8H,5-7H2,1H3,(H3,16,17)/t8-/m1/s1. The molecular weight excluding hydrogens is 271 g/mol. The molecule has 1 atom stereocenters. The van der Waals surface area contributed by atoms with Crippen molar-refractivity contribution in [1.29, 1.82) is 5.41 Å². The molecule has 8 heteroatoms. The van der Waals surface area contributed by atoms with E-state index in [0.717, 1.165) is 6.07 Å². The monoisotopic (exact) mass is 287 g/mol. The molecule has 0 saturated carbocycles. The van der Waals surface area contributed by atoms with Crippen molar-refractivity contribution in [1.82, 2.24) is 9.88 Å². The van der Waals surface area contributed by atoms with Crippen LogP contribution >= 0.6 is 0 Å². The van der Waals surface area contributed by atoms with Gasteiger partial charge in [-0.15, -0.1) is 0 Å². The summed E-state index contributed by atoms with van der Waals surface area (Å²) in [4.78, 5) is 7.13. The van der Waals surface area contributed by atoms with Crippen LogP contribution in [0.1, 0.15) is 12.5 Å². The SMILES string of the molecule is C[C@@H]1CN(c2ncccc2C(F)(F)F)CCN1C(=N)N. The van der Waals surface area contributed by atoms with Crippen LogP contribution in [0.15, 0.2) is 18.3 Å². The third kappa shape index (κ3) is 2.78. The molecule has 5 nitrogen and oxygen atoms in total. The average molecular weight is 287 g/mol. The van der Waals surface area contributed by atoms with E-state index < -0.39 is 11.7 Å². The molecule has 0 aromatic carbocycles. The molecule has 0 spiro atoms. The first-order valence-electron chi connectivity index (χ1n) is 6.18. The molecule has 1 aromatic rings. The molecule has 110 valence electrons.